The Balaban J connectivity index is 1.49. The summed E-state index contributed by atoms with van der Waals surface area (Å²) in [6.45, 7) is 2.32. The first kappa shape index (κ1) is 12.7. The van der Waals surface area contributed by atoms with Gasteiger partial charge in [-0.15, -0.1) is 0 Å². The Labute approximate surface area is 125 Å². The third-order valence-corrected chi connectivity index (χ3v) is 5.02. The smallest absolute Gasteiger partial charge is 0.0991 e. The van der Waals surface area contributed by atoms with Gasteiger partial charge in [-0.25, -0.2) is 4.98 Å². The van der Waals surface area contributed by atoms with Crippen LogP contribution in [0.5, 0.6) is 0 Å². The van der Waals surface area contributed by atoms with Gasteiger partial charge in [0.2, 0.25) is 0 Å². The average Bonchev–Trinajstić information content (AvgIpc) is 3.24. The van der Waals surface area contributed by atoms with Crippen LogP contribution in [0, 0.1) is 17.8 Å². The third-order valence-electron chi connectivity index (χ3n) is 5.02. The van der Waals surface area contributed by atoms with E-state index >= 15 is 0 Å². The SMILES string of the molecule is CC(Nc1cccc(-n2ccnc2)c1)C1CC2C=CC1C2. The van der Waals surface area contributed by atoms with Gasteiger partial charge in [0, 0.05) is 29.8 Å². The van der Waals surface area contributed by atoms with Gasteiger partial charge in [-0.1, -0.05) is 18.2 Å². The number of nitrogens with zero attached hydrogens (tertiary/aromatic N) is 2. The molecular weight excluding hydrogens is 258 g/mol. The highest BCUT2D eigenvalue weighted by Crippen LogP contribution is 2.45. The van der Waals surface area contributed by atoms with Crippen LogP contribution in [-0.2, 0) is 0 Å². The van der Waals surface area contributed by atoms with Crippen LogP contribution in [0.3, 0.4) is 0 Å². The largest absolute Gasteiger partial charge is 0.382 e. The summed E-state index contributed by atoms with van der Waals surface area (Å²) in [6, 6.07) is 9.08. The van der Waals surface area contributed by atoms with E-state index in [0.29, 0.717) is 6.04 Å². The van der Waals surface area contributed by atoms with E-state index < -0.39 is 0 Å². The lowest BCUT2D eigenvalue weighted by Crippen LogP contribution is -2.28. The molecule has 1 aromatic carbocycles. The first-order valence-electron chi connectivity index (χ1n) is 7.83. The van der Waals surface area contributed by atoms with E-state index in [4.69, 9.17) is 0 Å². The molecule has 2 aliphatic rings. The van der Waals surface area contributed by atoms with E-state index in [1.807, 2.05) is 23.3 Å². The molecule has 0 aliphatic heterocycles. The highest BCUT2D eigenvalue weighted by atomic mass is 15.0. The summed E-state index contributed by atoms with van der Waals surface area (Å²) in [5.74, 6) is 2.40. The van der Waals surface area contributed by atoms with Crippen molar-refractivity contribution in [2.45, 2.75) is 25.8 Å². The Hall–Kier alpha value is -2.03. The molecule has 1 N–H and O–H groups in total. The molecule has 108 valence electrons. The Bertz CT molecular complexity index is 644. The van der Waals surface area contributed by atoms with E-state index in [1.165, 1.54) is 18.5 Å². The molecule has 3 heteroatoms. The molecule has 0 amide bonds. The Morgan fingerprint density at radius 1 is 1.29 bits per heavy atom. The van der Waals surface area contributed by atoms with Crippen molar-refractivity contribution in [3.8, 4) is 5.69 Å². The third kappa shape index (κ3) is 2.37. The monoisotopic (exact) mass is 279 g/mol. The van der Waals surface area contributed by atoms with Gasteiger partial charge in [0.1, 0.15) is 0 Å². The van der Waals surface area contributed by atoms with Crippen LogP contribution in [0.1, 0.15) is 19.8 Å². The van der Waals surface area contributed by atoms with Gasteiger partial charge in [0.15, 0.2) is 0 Å². The van der Waals surface area contributed by atoms with Gasteiger partial charge in [-0.3, -0.25) is 0 Å². The number of aromatic nitrogens is 2. The first-order valence-corrected chi connectivity index (χ1v) is 7.83. The zero-order chi connectivity index (χ0) is 14.2. The van der Waals surface area contributed by atoms with Crippen LogP contribution in [0.2, 0.25) is 0 Å². The van der Waals surface area contributed by atoms with Gasteiger partial charge >= 0.3 is 0 Å². The van der Waals surface area contributed by atoms with Crippen molar-refractivity contribution in [3.05, 3.63) is 55.1 Å². The standard InChI is InChI=1S/C18H21N3/c1-13(18-10-14-5-6-15(18)9-14)20-16-3-2-4-17(11-16)21-8-7-19-12-21/h2-8,11-15,18,20H,9-10H2,1H3. The molecule has 4 atom stereocenters. The molecule has 1 saturated carbocycles. The van der Waals surface area contributed by atoms with Crippen molar-refractivity contribution in [2.75, 3.05) is 5.32 Å². The first-order chi connectivity index (χ1) is 10.3. The molecule has 1 fully saturated rings. The second-order valence-electron chi connectivity index (χ2n) is 6.40. The van der Waals surface area contributed by atoms with E-state index in [2.05, 4.69) is 53.6 Å². The molecule has 0 spiro atoms. The fourth-order valence-electron chi connectivity index (χ4n) is 3.94. The van der Waals surface area contributed by atoms with Crippen molar-refractivity contribution in [1.82, 2.24) is 9.55 Å². The second kappa shape index (κ2) is 5.06. The number of imidazole rings is 1. The Kier molecular flexibility index (Phi) is 3.06. The summed E-state index contributed by atoms with van der Waals surface area (Å²) in [7, 11) is 0. The van der Waals surface area contributed by atoms with Gasteiger partial charge in [0.05, 0.1) is 6.33 Å². The number of hydrogen-bond acceptors (Lipinski definition) is 2. The molecular formula is C18H21N3. The lowest BCUT2D eigenvalue weighted by molar-refractivity contribution is 0.400. The molecule has 1 aromatic heterocycles. The normalized spacial score (nSPS) is 28.0. The fraction of sp³-hybridized carbons (Fsp3) is 0.389. The molecule has 2 bridgehead atoms. The van der Waals surface area contributed by atoms with Crippen LogP contribution in [0.4, 0.5) is 5.69 Å². The summed E-state index contributed by atoms with van der Waals surface area (Å²) in [5, 5.41) is 3.70. The lowest BCUT2D eigenvalue weighted by Gasteiger charge is -2.27. The summed E-state index contributed by atoms with van der Waals surface area (Å²) in [4.78, 5) is 4.11. The van der Waals surface area contributed by atoms with Crippen molar-refractivity contribution >= 4 is 5.69 Å². The van der Waals surface area contributed by atoms with Crippen LogP contribution in [0.15, 0.2) is 55.1 Å². The van der Waals surface area contributed by atoms with Crippen molar-refractivity contribution in [1.29, 1.82) is 0 Å². The highest BCUT2D eigenvalue weighted by molar-refractivity contribution is 5.51. The molecule has 21 heavy (non-hydrogen) atoms. The number of benzene rings is 1. The van der Waals surface area contributed by atoms with Crippen molar-refractivity contribution in [3.63, 3.8) is 0 Å². The molecule has 2 aromatic rings. The maximum atomic E-state index is 4.11. The number of fused-ring (bicyclic) bond motifs is 2. The lowest BCUT2D eigenvalue weighted by atomic mass is 9.87. The van der Waals surface area contributed by atoms with Crippen LogP contribution in [-0.4, -0.2) is 15.6 Å². The summed E-state index contributed by atoms with van der Waals surface area (Å²) >= 11 is 0. The highest BCUT2D eigenvalue weighted by Gasteiger charge is 2.38. The minimum atomic E-state index is 0.517. The topological polar surface area (TPSA) is 29.9 Å². The van der Waals surface area contributed by atoms with Gasteiger partial charge in [-0.05, 0) is 55.7 Å². The molecule has 3 nitrogen and oxygen atoms in total. The molecule has 4 rings (SSSR count). The minimum absolute atomic E-state index is 0.517. The van der Waals surface area contributed by atoms with Gasteiger partial charge in [-0.2, -0.15) is 0 Å². The summed E-state index contributed by atoms with van der Waals surface area (Å²) in [6.07, 6.45) is 13.2. The predicted octanol–water partition coefficient (Wildman–Crippen LogP) is 3.88. The molecule has 0 saturated heterocycles. The molecule has 2 aliphatic carbocycles. The Morgan fingerprint density at radius 2 is 2.24 bits per heavy atom. The summed E-state index contributed by atoms with van der Waals surface area (Å²) in [5.41, 5.74) is 2.35. The average molecular weight is 279 g/mol. The van der Waals surface area contributed by atoms with E-state index in [9.17, 15) is 0 Å². The maximum Gasteiger partial charge on any atom is 0.0991 e. The minimum Gasteiger partial charge on any atom is -0.382 e. The molecule has 1 heterocycles. The Morgan fingerprint density at radius 3 is 2.95 bits per heavy atom. The number of nitrogens with one attached hydrogen (secondary N) is 1. The van der Waals surface area contributed by atoms with E-state index in [1.54, 1.807) is 0 Å². The number of anilines is 1. The van der Waals surface area contributed by atoms with Crippen molar-refractivity contribution < 1.29 is 0 Å². The number of rotatable bonds is 4. The fourth-order valence-corrected chi connectivity index (χ4v) is 3.94. The number of hydrogen-bond donors (Lipinski definition) is 1. The van der Waals surface area contributed by atoms with E-state index in [-0.39, 0.29) is 0 Å². The van der Waals surface area contributed by atoms with Crippen LogP contribution >= 0.6 is 0 Å². The van der Waals surface area contributed by atoms with Crippen molar-refractivity contribution in [2.24, 2.45) is 17.8 Å². The van der Waals surface area contributed by atoms with Gasteiger partial charge < -0.3 is 9.88 Å². The quantitative estimate of drug-likeness (QED) is 0.861. The van der Waals surface area contributed by atoms with Gasteiger partial charge in [0.25, 0.3) is 0 Å². The van der Waals surface area contributed by atoms with Crippen LogP contribution < -0.4 is 5.32 Å². The summed E-state index contributed by atoms with van der Waals surface area (Å²) < 4.78 is 2.04. The molecule has 4 unspecified atom stereocenters. The zero-order valence-electron chi connectivity index (χ0n) is 12.3. The van der Waals surface area contributed by atoms with Crippen LogP contribution in [0.25, 0.3) is 5.69 Å². The van der Waals surface area contributed by atoms with E-state index in [0.717, 1.165) is 23.4 Å². The molecule has 0 radical (unpaired) electrons. The predicted molar refractivity (Wildman–Crippen MR) is 85.5 cm³/mol. The number of allylic oxidation sites excluding steroid dienone is 2. The maximum absolute atomic E-state index is 4.11. The second-order valence-corrected chi connectivity index (χ2v) is 6.40. The zero-order valence-corrected chi connectivity index (χ0v) is 12.3.